The number of hydrogen-bond donors (Lipinski definition) is 0. The summed E-state index contributed by atoms with van der Waals surface area (Å²) in [4.78, 5) is 25.9. The zero-order valence-corrected chi connectivity index (χ0v) is 14.8. The maximum atomic E-state index is 12.3. The Labute approximate surface area is 144 Å². The fraction of sp³-hybridized carbons (Fsp3) is 0.125. The van der Waals surface area contributed by atoms with Gasteiger partial charge in [0.05, 0.1) is 24.9 Å². The second kappa shape index (κ2) is 5.85. The number of carbonyl (C=O) groups is 2. The average molecular weight is 425 g/mol. The van der Waals surface area contributed by atoms with Crippen molar-refractivity contribution in [3.63, 3.8) is 0 Å². The maximum absolute atomic E-state index is 12.3. The molecular weight excluding hydrogens is 414 g/mol. The molecular formula is C16H11Br2NO3. The fourth-order valence-corrected chi connectivity index (χ4v) is 3.86. The van der Waals surface area contributed by atoms with Gasteiger partial charge in [-0.2, -0.15) is 0 Å². The monoisotopic (exact) mass is 423 g/mol. The van der Waals surface area contributed by atoms with Crippen LogP contribution in [0, 0.1) is 0 Å². The van der Waals surface area contributed by atoms with Crippen LogP contribution >= 0.6 is 31.9 Å². The van der Waals surface area contributed by atoms with Gasteiger partial charge in [-0.1, -0.05) is 28.1 Å². The molecule has 0 atom stereocenters. The highest BCUT2D eigenvalue weighted by Gasteiger charge is 2.37. The minimum atomic E-state index is -0.510. The van der Waals surface area contributed by atoms with E-state index in [2.05, 4.69) is 31.9 Å². The number of benzene rings is 2. The molecule has 0 bridgehead atoms. The van der Waals surface area contributed by atoms with Gasteiger partial charge in [0.2, 0.25) is 0 Å². The van der Waals surface area contributed by atoms with Crippen LogP contribution < -0.4 is 9.64 Å². The minimum Gasteiger partial charge on any atom is -0.497 e. The molecule has 1 heterocycles. The molecule has 3 rings (SSSR count). The summed E-state index contributed by atoms with van der Waals surface area (Å²) in [5, 5.41) is 0. The third-order valence-corrected chi connectivity index (χ3v) is 4.54. The highest BCUT2D eigenvalue weighted by Crippen LogP contribution is 2.39. The first-order valence-corrected chi connectivity index (χ1v) is 8.08. The summed E-state index contributed by atoms with van der Waals surface area (Å²) < 4.78 is 6.59. The van der Waals surface area contributed by atoms with Crippen LogP contribution in [0.3, 0.4) is 0 Å². The zero-order chi connectivity index (χ0) is 15.9. The Balaban J connectivity index is 1.98. The zero-order valence-electron chi connectivity index (χ0n) is 11.6. The molecule has 2 aromatic rings. The lowest BCUT2D eigenvalue weighted by molar-refractivity contribution is -0.114. The molecule has 0 radical (unpaired) electrons. The lowest BCUT2D eigenvalue weighted by atomic mass is 10.1. The number of carbonyl (C=O) groups excluding carboxylic acids is 2. The number of ether oxygens (including phenoxy) is 1. The summed E-state index contributed by atoms with van der Waals surface area (Å²) in [5.74, 6) is -0.242. The van der Waals surface area contributed by atoms with Crippen molar-refractivity contribution in [1.82, 2.24) is 0 Å². The number of methoxy groups -OCH3 is 1. The summed E-state index contributed by atoms with van der Waals surface area (Å²) in [5.41, 5.74) is 1.96. The van der Waals surface area contributed by atoms with Gasteiger partial charge in [0.25, 0.3) is 11.7 Å². The van der Waals surface area contributed by atoms with Crippen LogP contribution in [0.4, 0.5) is 5.69 Å². The molecule has 0 saturated carbocycles. The van der Waals surface area contributed by atoms with E-state index in [1.165, 1.54) is 4.90 Å². The summed E-state index contributed by atoms with van der Waals surface area (Å²) in [6.07, 6.45) is 0. The summed E-state index contributed by atoms with van der Waals surface area (Å²) in [6.45, 7) is 0.335. The number of Topliss-reactive ketones (excluding diaryl/α,β-unsaturated/α-hetero) is 1. The van der Waals surface area contributed by atoms with E-state index in [0.717, 1.165) is 15.8 Å². The van der Waals surface area contributed by atoms with Crippen LogP contribution in [0.2, 0.25) is 0 Å². The number of hydrogen-bond acceptors (Lipinski definition) is 3. The number of anilines is 1. The molecule has 0 aromatic heterocycles. The van der Waals surface area contributed by atoms with E-state index in [-0.39, 0.29) is 0 Å². The summed E-state index contributed by atoms with van der Waals surface area (Å²) in [6, 6.07) is 10.9. The molecule has 2 aromatic carbocycles. The van der Waals surface area contributed by atoms with Gasteiger partial charge in [-0.15, -0.1) is 0 Å². The Morgan fingerprint density at radius 1 is 1.09 bits per heavy atom. The predicted octanol–water partition coefficient (Wildman–Crippen LogP) is 3.95. The Morgan fingerprint density at radius 3 is 2.41 bits per heavy atom. The van der Waals surface area contributed by atoms with Crippen LogP contribution in [0.25, 0.3) is 0 Å². The first-order valence-electron chi connectivity index (χ1n) is 6.49. The Bertz CT molecular complexity index is 772. The molecule has 1 aliphatic heterocycles. The molecule has 4 nitrogen and oxygen atoms in total. The quantitative estimate of drug-likeness (QED) is 0.701. The fourth-order valence-electron chi connectivity index (χ4n) is 2.42. The van der Waals surface area contributed by atoms with Gasteiger partial charge in [-0.3, -0.25) is 14.5 Å². The number of amides is 1. The minimum absolute atomic E-state index is 0.335. The van der Waals surface area contributed by atoms with Crippen molar-refractivity contribution in [3.05, 3.63) is 56.5 Å². The van der Waals surface area contributed by atoms with Crippen LogP contribution in [-0.2, 0) is 11.3 Å². The average Bonchev–Trinajstić information content (AvgIpc) is 2.73. The topological polar surface area (TPSA) is 46.6 Å². The Kier molecular flexibility index (Phi) is 4.06. The van der Waals surface area contributed by atoms with Crippen LogP contribution in [0.15, 0.2) is 45.3 Å². The number of rotatable bonds is 3. The number of fused-ring (bicyclic) bond motifs is 1. The SMILES string of the molecule is COc1ccc(CN2C(=O)C(=O)c3cc(Br)cc(Br)c32)cc1. The molecule has 0 spiro atoms. The van der Waals surface area contributed by atoms with Gasteiger partial charge in [0, 0.05) is 8.95 Å². The van der Waals surface area contributed by atoms with Crippen molar-refractivity contribution in [3.8, 4) is 5.75 Å². The highest BCUT2D eigenvalue weighted by atomic mass is 79.9. The van der Waals surface area contributed by atoms with Crippen molar-refractivity contribution in [1.29, 1.82) is 0 Å². The number of halogens is 2. The molecule has 0 aliphatic carbocycles. The van der Waals surface area contributed by atoms with Gasteiger partial charge in [0.1, 0.15) is 5.75 Å². The van der Waals surface area contributed by atoms with Crippen LogP contribution in [0.5, 0.6) is 5.75 Å². The Morgan fingerprint density at radius 2 is 1.77 bits per heavy atom. The molecule has 1 amide bonds. The second-order valence-corrected chi connectivity index (χ2v) is 6.62. The van der Waals surface area contributed by atoms with Crippen molar-refractivity contribution in [2.24, 2.45) is 0 Å². The van der Waals surface area contributed by atoms with Gasteiger partial charge < -0.3 is 4.74 Å². The molecule has 0 fully saturated rings. The van der Waals surface area contributed by atoms with E-state index in [4.69, 9.17) is 4.74 Å². The van der Waals surface area contributed by atoms with E-state index in [9.17, 15) is 9.59 Å². The molecule has 0 unspecified atom stereocenters. The largest absolute Gasteiger partial charge is 0.497 e. The normalized spacial score (nSPS) is 13.5. The first-order chi connectivity index (χ1) is 10.5. The van der Waals surface area contributed by atoms with E-state index < -0.39 is 11.7 Å². The van der Waals surface area contributed by atoms with Crippen LogP contribution in [-0.4, -0.2) is 18.8 Å². The standard InChI is InChI=1S/C16H11Br2NO3/c1-22-11-4-2-9(3-5-11)8-19-14-12(15(20)16(19)21)6-10(17)7-13(14)18/h2-7H,8H2,1H3. The van der Waals surface area contributed by atoms with Crippen molar-refractivity contribution >= 4 is 49.2 Å². The van der Waals surface area contributed by atoms with Crippen molar-refractivity contribution < 1.29 is 14.3 Å². The van der Waals surface area contributed by atoms with Crippen LogP contribution in [0.1, 0.15) is 15.9 Å². The van der Waals surface area contributed by atoms with E-state index in [0.29, 0.717) is 22.3 Å². The predicted molar refractivity (Wildman–Crippen MR) is 90.4 cm³/mol. The van der Waals surface area contributed by atoms with E-state index in [1.807, 2.05) is 30.3 Å². The summed E-state index contributed by atoms with van der Waals surface area (Å²) >= 11 is 6.77. The smallest absolute Gasteiger partial charge is 0.299 e. The lowest BCUT2D eigenvalue weighted by Crippen LogP contribution is -2.29. The van der Waals surface area contributed by atoms with Crippen molar-refractivity contribution in [2.45, 2.75) is 6.54 Å². The highest BCUT2D eigenvalue weighted by molar-refractivity contribution is 9.11. The molecule has 6 heteroatoms. The number of nitrogens with zero attached hydrogens (tertiary/aromatic N) is 1. The molecule has 22 heavy (non-hydrogen) atoms. The first kappa shape index (κ1) is 15.2. The van der Waals surface area contributed by atoms with Crippen molar-refractivity contribution in [2.75, 3.05) is 12.0 Å². The third kappa shape index (κ3) is 2.57. The van der Waals surface area contributed by atoms with Gasteiger partial charge in [-0.05, 0) is 45.8 Å². The molecule has 112 valence electrons. The molecule has 0 N–H and O–H groups in total. The second-order valence-electron chi connectivity index (χ2n) is 4.85. The Hall–Kier alpha value is -1.66. The summed E-state index contributed by atoms with van der Waals surface area (Å²) in [7, 11) is 1.60. The van der Waals surface area contributed by atoms with Gasteiger partial charge >= 0.3 is 0 Å². The number of ketones is 1. The molecule has 1 aliphatic rings. The van der Waals surface area contributed by atoms with Gasteiger partial charge in [-0.25, -0.2) is 0 Å². The molecule has 0 saturated heterocycles. The van der Waals surface area contributed by atoms with E-state index >= 15 is 0 Å². The van der Waals surface area contributed by atoms with Gasteiger partial charge in [0.15, 0.2) is 0 Å². The lowest BCUT2D eigenvalue weighted by Gasteiger charge is -2.18. The third-order valence-electron chi connectivity index (χ3n) is 3.48. The maximum Gasteiger partial charge on any atom is 0.299 e. The van der Waals surface area contributed by atoms with E-state index in [1.54, 1.807) is 13.2 Å².